The molecule has 0 saturated carbocycles. The summed E-state index contributed by atoms with van der Waals surface area (Å²) in [7, 11) is 0. The minimum atomic E-state index is 0.133. The van der Waals surface area contributed by atoms with Crippen LogP contribution in [-0.2, 0) is 32.3 Å². The summed E-state index contributed by atoms with van der Waals surface area (Å²) in [5, 5.41) is 8.07. The van der Waals surface area contributed by atoms with Gasteiger partial charge in [0.15, 0.2) is 0 Å². The summed E-state index contributed by atoms with van der Waals surface area (Å²) in [6, 6.07) is 0. The van der Waals surface area contributed by atoms with Gasteiger partial charge in [-0.05, 0) is 6.92 Å². The number of rotatable bonds is 3. The second-order valence-corrected chi connectivity index (χ2v) is 0.921. The van der Waals surface area contributed by atoms with Crippen molar-refractivity contribution in [1.82, 2.24) is 0 Å². The fourth-order valence-corrected chi connectivity index (χ4v) is 0.209. The van der Waals surface area contributed by atoms with E-state index in [0.29, 0.717) is 37.9 Å². The topological polar surface area (TPSA) is 46.5 Å². The summed E-state index contributed by atoms with van der Waals surface area (Å²) < 4.78 is 13.1. The summed E-state index contributed by atoms with van der Waals surface area (Å²) in [6.45, 7) is 3.20. The molecule has 0 heterocycles. The maximum absolute atomic E-state index is 8.34. The van der Waals surface area contributed by atoms with Gasteiger partial charge in [-0.3, -0.25) is 0 Å². The van der Waals surface area contributed by atoms with Crippen molar-refractivity contribution in [2.45, 2.75) is 6.92 Å². The van der Waals surface area contributed by atoms with Gasteiger partial charge in [0.25, 0.3) is 0 Å². The number of aliphatic hydroxyl groups is 1. The monoisotopic (exact) mass is 196 g/mol. The molecule has 0 aliphatic carbocycles. The number of aliphatic hydroxyl groups excluding tert-OH is 1. The van der Waals surface area contributed by atoms with E-state index in [1.165, 1.54) is 0 Å². The van der Waals surface area contributed by atoms with Crippen molar-refractivity contribution in [2.24, 2.45) is 0 Å². The average molecular weight is 197 g/mol. The van der Waals surface area contributed by atoms with Gasteiger partial charge in [-0.15, -0.1) is 0 Å². The van der Waals surface area contributed by atoms with Crippen molar-refractivity contribution < 1.29 is 37.4 Å². The zero-order chi connectivity index (χ0) is 6.83. The third kappa shape index (κ3) is 16.0. The normalized spacial score (nSPS) is 7.12. The van der Waals surface area contributed by atoms with E-state index in [0.717, 1.165) is 0 Å². The van der Waals surface area contributed by atoms with Crippen molar-refractivity contribution >= 4 is 0 Å². The first-order valence-electron chi connectivity index (χ1n) is 2.30. The standard InChI is InChI=1S/C4H10O2.O.Zr/c1-2-6-4-3-5;;/h5H,2-4H2,1H3;;. The van der Waals surface area contributed by atoms with E-state index in [-0.39, 0.29) is 6.61 Å². The van der Waals surface area contributed by atoms with Crippen LogP contribution in [0.2, 0.25) is 0 Å². The quantitative estimate of drug-likeness (QED) is 0.642. The molecule has 0 saturated heterocycles. The van der Waals surface area contributed by atoms with Crippen LogP contribution in [0.5, 0.6) is 0 Å². The first-order valence-corrected chi connectivity index (χ1v) is 3.31. The van der Waals surface area contributed by atoms with Crippen LogP contribution in [0.3, 0.4) is 0 Å². The third-order valence-electron chi connectivity index (χ3n) is 0.440. The molecule has 0 aliphatic rings. The molecule has 1 N–H and O–H groups in total. The summed E-state index contributed by atoms with van der Waals surface area (Å²) in [4.78, 5) is 0. The fraction of sp³-hybridized carbons (Fsp3) is 1.00. The van der Waals surface area contributed by atoms with Crippen LogP contribution in [0, 0.1) is 0 Å². The van der Waals surface area contributed by atoms with Gasteiger partial charge < -0.3 is 9.84 Å². The molecule has 0 spiro atoms. The van der Waals surface area contributed by atoms with Gasteiger partial charge in [0.05, 0.1) is 13.2 Å². The maximum atomic E-state index is 8.34. The summed E-state index contributed by atoms with van der Waals surface area (Å²) in [6.07, 6.45) is 0. The van der Waals surface area contributed by atoms with E-state index in [1.807, 2.05) is 6.92 Å². The zero-order valence-electron chi connectivity index (χ0n) is 4.89. The van der Waals surface area contributed by atoms with E-state index < -0.39 is 0 Å². The Labute approximate surface area is 64.3 Å². The SMILES string of the molecule is CCOCCO.[O]=[Zr]. The Morgan fingerprint density at radius 1 is 1.62 bits per heavy atom. The van der Waals surface area contributed by atoms with Crippen LogP contribution in [-0.4, -0.2) is 24.9 Å². The molecule has 4 heteroatoms. The van der Waals surface area contributed by atoms with E-state index in [9.17, 15) is 0 Å². The molecule has 3 nitrogen and oxygen atoms in total. The molecular weight excluding hydrogens is 187 g/mol. The first-order chi connectivity index (χ1) is 3.91. The molecule has 0 fully saturated rings. The van der Waals surface area contributed by atoms with Gasteiger partial charge in [-0.25, -0.2) is 0 Å². The summed E-state index contributed by atoms with van der Waals surface area (Å²) >= 11 is 0.300. The van der Waals surface area contributed by atoms with Gasteiger partial charge in [-0.2, -0.15) is 0 Å². The van der Waals surface area contributed by atoms with Crippen molar-refractivity contribution in [2.75, 3.05) is 19.8 Å². The Hall–Kier alpha value is 0.603. The molecule has 0 aromatic carbocycles. The minimum absolute atomic E-state index is 0.133. The molecule has 0 radical (unpaired) electrons. The molecule has 0 unspecified atom stereocenters. The van der Waals surface area contributed by atoms with Gasteiger partial charge in [0, 0.05) is 6.61 Å². The van der Waals surface area contributed by atoms with E-state index in [2.05, 4.69) is 0 Å². The molecule has 0 amide bonds. The summed E-state index contributed by atoms with van der Waals surface area (Å²) in [5.41, 5.74) is 0. The van der Waals surface area contributed by atoms with E-state index >= 15 is 0 Å². The second kappa shape index (κ2) is 15.6. The molecule has 48 valence electrons. The van der Waals surface area contributed by atoms with Crippen LogP contribution >= 0.6 is 0 Å². The number of hydrogen-bond donors (Lipinski definition) is 1. The van der Waals surface area contributed by atoms with E-state index in [1.54, 1.807) is 0 Å². The molecular formula is C4H10O3Zr. The van der Waals surface area contributed by atoms with Crippen molar-refractivity contribution in [3.63, 3.8) is 0 Å². The Morgan fingerprint density at radius 3 is 2.25 bits per heavy atom. The Bertz CT molecular complexity index is 30.5. The molecule has 0 bridgehead atoms. The molecule has 0 aromatic rings. The molecule has 0 aliphatic heterocycles. The predicted octanol–water partition coefficient (Wildman–Crippen LogP) is -0.106. The van der Waals surface area contributed by atoms with E-state index in [4.69, 9.17) is 12.7 Å². The first kappa shape index (κ1) is 11.4. The van der Waals surface area contributed by atoms with Crippen LogP contribution in [0.4, 0.5) is 0 Å². The van der Waals surface area contributed by atoms with Crippen molar-refractivity contribution in [3.05, 3.63) is 0 Å². The van der Waals surface area contributed by atoms with Crippen molar-refractivity contribution in [3.8, 4) is 0 Å². The predicted molar refractivity (Wildman–Crippen MR) is 24.3 cm³/mol. The molecule has 0 aromatic heterocycles. The van der Waals surface area contributed by atoms with Crippen molar-refractivity contribution in [1.29, 1.82) is 0 Å². The molecule has 0 rings (SSSR count). The fourth-order valence-electron chi connectivity index (χ4n) is 0.209. The van der Waals surface area contributed by atoms with Crippen LogP contribution in [0.25, 0.3) is 0 Å². The third-order valence-corrected chi connectivity index (χ3v) is 0.440. The van der Waals surface area contributed by atoms with Crippen LogP contribution in [0.15, 0.2) is 0 Å². The Balaban J connectivity index is 0. The zero-order valence-corrected chi connectivity index (χ0v) is 7.34. The summed E-state index contributed by atoms with van der Waals surface area (Å²) in [5.74, 6) is 0. The number of ether oxygens (including phenoxy) is 1. The average Bonchev–Trinajstić information content (AvgIpc) is 1.88. The number of hydrogen-bond acceptors (Lipinski definition) is 3. The van der Waals surface area contributed by atoms with Crippen LogP contribution < -0.4 is 0 Å². The molecule has 8 heavy (non-hydrogen) atoms. The Kier molecular flexibility index (Phi) is 22.3. The van der Waals surface area contributed by atoms with Gasteiger partial charge >= 0.3 is 27.5 Å². The molecule has 0 atom stereocenters. The van der Waals surface area contributed by atoms with Gasteiger partial charge in [0.1, 0.15) is 0 Å². The second-order valence-electron chi connectivity index (χ2n) is 0.921. The van der Waals surface area contributed by atoms with Gasteiger partial charge in [-0.1, -0.05) is 0 Å². The van der Waals surface area contributed by atoms with Gasteiger partial charge in [0.2, 0.25) is 0 Å². The Morgan fingerprint density at radius 2 is 2.12 bits per heavy atom. The van der Waals surface area contributed by atoms with Crippen LogP contribution in [0.1, 0.15) is 6.92 Å².